The van der Waals surface area contributed by atoms with Crippen LogP contribution in [-0.2, 0) is 4.79 Å². The molecule has 1 unspecified atom stereocenters. The Morgan fingerprint density at radius 1 is 1.13 bits per heavy atom. The molecule has 1 amide bonds. The van der Waals surface area contributed by atoms with Gasteiger partial charge in [0.15, 0.2) is 22.4 Å². The maximum absolute atomic E-state index is 13.9. The Morgan fingerprint density at radius 3 is 2.61 bits per heavy atom. The van der Waals surface area contributed by atoms with Gasteiger partial charge in [-0.1, -0.05) is 36.1 Å². The molecule has 0 aliphatic carbocycles. The van der Waals surface area contributed by atoms with Crippen molar-refractivity contribution >= 4 is 49.7 Å². The van der Waals surface area contributed by atoms with Crippen molar-refractivity contribution in [1.82, 2.24) is 9.97 Å². The number of anilines is 1. The third kappa shape index (κ3) is 4.35. The summed E-state index contributed by atoms with van der Waals surface area (Å²) < 4.78 is 12.1. The van der Waals surface area contributed by atoms with Gasteiger partial charge in [0, 0.05) is 0 Å². The lowest BCUT2D eigenvalue weighted by Crippen LogP contribution is -2.31. The number of Topliss-reactive ketones (excluding diaryl/α,β-unsaturated/α-hetero) is 1. The van der Waals surface area contributed by atoms with Gasteiger partial charge in [-0.15, -0.1) is 11.3 Å². The molecule has 10 heteroatoms. The number of carbonyl (C=O) groups excluding carboxylic acids is 2. The maximum atomic E-state index is 13.9. The number of aromatic nitrogens is 2. The Balaban J connectivity index is 1.69. The van der Waals surface area contributed by atoms with Gasteiger partial charge in [-0.05, 0) is 56.2 Å². The Kier molecular flexibility index (Phi) is 6.77. The summed E-state index contributed by atoms with van der Waals surface area (Å²) in [6.45, 7) is 9.48. The number of aliphatic hydroxyl groups excluding tert-OH is 1. The summed E-state index contributed by atoms with van der Waals surface area (Å²) in [5, 5.41) is 12.2. The van der Waals surface area contributed by atoms with Gasteiger partial charge in [0.2, 0.25) is 5.78 Å². The molecule has 0 radical (unpaired) electrons. The van der Waals surface area contributed by atoms with Gasteiger partial charge in [0.05, 0.1) is 44.5 Å². The van der Waals surface area contributed by atoms with E-state index in [1.807, 2.05) is 32.0 Å². The highest BCUT2D eigenvalue weighted by molar-refractivity contribution is 7.22. The van der Waals surface area contributed by atoms with Crippen molar-refractivity contribution in [3.8, 4) is 11.5 Å². The molecular formula is C28H25N3O5S2. The molecule has 4 aromatic rings. The number of aliphatic hydroxyl groups is 1. The molecule has 3 heterocycles. The van der Waals surface area contributed by atoms with E-state index in [9.17, 15) is 14.7 Å². The number of rotatable bonds is 8. The lowest BCUT2D eigenvalue weighted by molar-refractivity contribution is -0.117. The smallest absolute Gasteiger partial charge is 0.296 e. The van der Waals surface area contributed by atoms with Gasteiger partial charge in [0.1, 0.15) is 6.61 Å². The summed E-state index contributed by atoms with van der Waals surface area (Å²) in [6, 6.07) is 10.0. The van der Waals surface area contributed by atoms with Crippen molar-refractivity contribution in [2.45, 2.75) is 26.8 Å². The van der Waals surface area contributed by atoms with E-state index in [-0.39, 0.29) is 12.2 Å². The molecule has 5 rings (SSSR count). The van der Waals surface area contributed by atoms with Crippen LogP contribution in [0.5, 0.6) is 11.5 Å². The fourth-order valence-corrected chi connectivity index (χ4v) is 6.42. The summed E-state index contributed by atoms with van der Waals surface area (Å²) in [5.41, 5.74) is 2.86. The van der Waals surface area contributed by atoms with E-state index in [1.54, 1.807) is 31.2 Å². The first kappa shape index (κ1) is 25.6. The quantitative estimate of drug-likeness (QED) is 0.212. The topological polar surface area (TPSA) is 102 Å². The summed E-state index contributed by atoms with van der Waals surface area (Å²) in [4.78, 5) is 38.3. The minimum atomic E-state index is -0.944. The highest BCUT2D eigenvalue weighted by Gasteiger charge is 2.46. The molecule has 0 saturated carbocycles. The van der Waals surface area contributed by atoms with Gasteiger partial charge in [0.25, 0.3) is 5.91 Å². The minimum absolute atomic E-state index is 0.0287. The molecule has 2 aromatic carbocycles. The van der Waals surface area contributed by atoms with Crippen molar-refractivity contribution in [2.24, 2.45) is 0 Å². The van der Waals surface area contributed by atoms with E-state index in [0.717, 1.165) is 20.8 Å². The van der Waals surface area contributed by atoms with Gasteiger partial charge < -0.3 is 14.6 Å². The summed E-state index contributed by atoms with van der Waals surface area (Å²) >= 11 is 2.55. The molecule has 1 N–H and O–H groups in total. The largest absolute Gasteiger partial charge is 0.503 e. The number of hydrogen-bond donors (Lipinski definition) is 1. The van der Waals surface area contributed by atoms with Crippen LogP contribution in [0.25, 0.3) is 10.2 Å². The van der Waals surface area contributed by atoms with Crippen molar-refractivity contribution < 1.29 is 24.2 Å². The van der Waals surface area contributed by atoms with E-state index >= 15 is 0 Å². The lowest BCUT2D eigenvalue weighted by atomic mass is 9.95. The first-order valence-corrected chi connectivity index (χ1v) is 13.4. The SMILES string of the molecule is C=CCOc1ccc(C2C(C(=O)c3sc(C)nc3C)=C(O)C(=O)N2c2nc3ccc(C)cc3s2)cc1OC. The molecule has 0 saturated heterocycles. The van der Waals surface area contributed by atoms with Crippen LogP contribution in [0.2, 0.25) is 0 Å². The number of ketones is 1. The Bertz CT molecular complexity index is 1630. The molecule has 2 aromatic heterocycles. The van der Waals surface area contributed by atoms with Crippen LogP contribution in [0, 0.1) is 20.8 Å². The molecule has 8 nitrogen and oxygen atoms in total. The Labute approximate surface area is 227 Å². The van der Waals surface area contributed by atoms with Crippen molar-refractivity contribution in [3.05, 3.63) is 87.1 Å². The number of benzene rings is 2. The average Bonchev–Trinajstić information content (AvgIpc) is 3.54. The third-order valence-corrected chi connectivity index (χ3v) is 8.25. The van der Waals surface area contributed by atoms with Crippen LogP contribution in [0.4, 0.5) is 5.13 Å². The molecule has 0 fully saturated rings. The van der Waals surface area contributed by atoms with Gasteiger partial charge >= 0.3 is 0 Å². The zero-order valence-electron chi connectivity index (χ0n) is 21.3. The van der Waals surface area contributed by atoms with Crippen LogP contribution < -0.4 is 14.4 Å². The number of thiazole rings is 2. The highest BCUT2D eigenvalue weighted by Crippen LogP contribution is 2.46. The van der Waals surface area contributed by atoms with Crippen molar-refractivity contribution in [1.29, 1.82) is 0 Å². The van der Waals surface area contributed by atoms with E-state index in [4.69, 9.17) is 9.47 Å². The van der Waals surface area contributed by atoms with Gasteiger partial charge in [-0.25, -0.2) is 9.97 Å². The van der Waals surface area contributed by atoms with Crippen molar-refractivity contribution in [2.75, 3.05) is 18.6 Å². The van der Waals surface area contributed by atoms with Crippen LogP contribution >= 0.6 is 22.7 Å². The highest BCUT2D eigenvalue weighted by atomic mass is 32.1. The number of methoxy groups -OCH3 is 1. The average molecular weight is 548 g/mol. The number of hydrogen-bond acceptors (Lipinski definition) is 9. The molecule has 1 atom stereocenters. The fraction of sp³-hybridized carbons (Fsp3) is 0.214. The summed E-state index contributed by atoms with van der Waals surface area (Å²) in [7, 11) is 1.51. The minimum Gasteiger partial charge on any atom is -0.503 e. The molecule has 38 heavy (non-hydrogen) atoms. The molecule has 0 spiro atoms. The van der Waals surface area contributed by atoms with Crippen LogP contribution in [-0.4, -0.2) is 40.5 Å². The van der Waals surface area contributed by atoms with E-state index in [0.29, 0.717) is 32.8 Å². The predicted molar refractivity (Wildman–Crippen MR) is 149 cm³/mol. The van der Waals surface area contributed by atoms with E-state index < -0.39 is 23.5 Å². The summed E-state index contributed by atoms with van der Waals surface area (Å²) in [5.74, 6) is -0.850. The zero-order chi connectivity index (χ0) is 27.1. The third-order valence-electron chi connectivity index (χ3n) is 6.16. The normalized spacial score (nSPS) is 15.4. The maximum Gasteiger partial charge on any atom is 0.296 e. The van der Waals surface area contributed by atoms with Gasteiger partial charge in [-0.3, -0.25) is 14.5 Å². The second-order valence-corrected chi connectivity index (χ2v) is 11.0. The van der Waals surface area contributed by atoms with Crippen LogP contribution in [0.15, 0.2) is 60.4 Å². The number of ether oxygens (including phenoxy) is 2. The standard InChI is InChI=1S/C28H25N3O5S2/c1-6-11-36-19-10-8-17(13-20(19)35-5)23-22(24(32)26-15(3)29-16(4)37-26)25(33)27(34)31(23)28-30-18-9-7-14(2)12-21(18)38-28/h6-10,12-13,23,33H,1,11H2,2-5H3. The van der Waals surface area contributed by atoms with Crippen molar-refractivity contribution in [3.63, 3.8) is 0 Å². The fourth-order valence-electron chi connectivity index (χ4n) is 4.46. The number of carbonyl (C=O) groups is 2. The predicted octanol–water partition coefficient (Wildman–Crippen LogP) is 6.03. The number of aryl methyl sites for hydroxylation is 3. The molecule has 1 aliphatic rings. The molecule has 0 bridgehead atoms. The first-order chi connectivity index (χ1) is 18.2. The van der Waals surface area contributed by atoms with E-state index in [2.05, 4.69) is 16.5 Å². The summed E-state index contributed by atoms with van der Waals surface area (Å²) in [6.07, 6.45) is 1.62. The monoisotopic (exact) mass is 547 g/mol. The first-order valence-electron chi connectivity index (χ1n) is 11.8. The number of fused-ring (bicyclic) bond motifs is 1. The molecule has 194 valence electrons. The van der Waals surface area contributed by atoms with Crippen LogP contribution in [0.3, 0.4) is 0 Å². The number of nitrogens with zero attached hydrogens (tertiary/aromatic N) is 3. The van der Waals surface area contributed by atoms with Gasteiger partial charge in [-0.2, -0.15) is 0 Å². The Hall–Kier alpha value is -4.02. The van der Waals surface area contributed by atoms with Crippen LogP contribution in [0.1, 0.15) is 37.5 Å². The Morgan fingerprint density at radius 2 is 1.92 bits per heavy atom. The second kappa shape index (κ2) is 10.0. The molecular weight excluding hydrogens is 522 g/mol. The van der Waals surface area contributed by atoms with E-state index in [1.165, 1.54) is 34.7 Å². The molecule has 1 aliphatic heterocycles. The lowest BCUT2D eigenvalue weighted by Gasteiger charge is -2.25. The zero-order valence-corrected chi connectivity index (χ0v) is 22.9. The second-order valence-electron chi connectivity index (χ2n) is 8.79. The number of amides is 1.